The van der Waals surface area contributed by atoms with Gasteiger partial charge < -0.3 is 14.4 Å². The molecule has 0 bridgehead atoms. The van der Waals surface area contributed by atoms with Crippen LogP contribution in [0.5, 0.6) is 0 Å². The zero-order valence-corrected chi connectivity index (χ0v) is 18.1. The van der Waals surface area contributed by atoms with Crippen LogP contribution < -0.4 is 0 Å². The molecule has 2 aromatic carbocycles. The number of hydrogen-bond donors (Lipinski definition) is 0. The third-order valence-electron chi connectivity index (χ3n) is 4.84. The van der Waals surface area contributed by atoms with E-state index in [0.717, 1.165) is 22.5 Å². The number of sulfonamides is 1. The molecule has 0 aliphatic carbocycles. The molecular formula is C21H22F2N2O6S. The van der Waals surface area contributed by atoms with Gasteiger partial charge in [0.15, 0.2) is 6.61 Å². The van der Waals surface area contributed by atoms with Gasteiger partial charge >= 0.3 is 5.97 Å². The molecule has 0 spiro atoms. The van der Waals surface area contributed by atoms with Crippen molar-refractivity contribution >= 4 is 21.9 Å². The van der Waals surface area contributed by atoms with Crippen LogP contribution in [0.1, 0.15) is 15.9 Å². The summed E-state index contributed by atoms with van der Waals surface area (Å²) in [6, 6.07) is 8.44. The van der Waals surface area contributed by atoms with Crippen molar-refractivity contribution in [3.63, 3.8) is 0 Å². The third kappa shape index (κ3) is 5.67. The summed E-state index contributed by atoms with van der Waals surface area (Å²) in [7, 11) is -2.67. The number of nitrogens with zero attached hydrogens (tertiary/aromatic N) is 2. The Morgan fingerprint density at radius 2 is 1.75 bits per heavy atom. The fourth-order valence-electron chi connectivity index (χ4n) is 3.03. The smallest absolute Gasteiger partial charge is 0.338 e. The number of hydrogen-bond acceptors (Lipinski definition) is 6. The molecule has 2 aromatic rings. The van der Waals surface area contributed by atoms with Crippen molar-refractivity contribution in [3.05, 3.63) is 65.2 Å². The molecule has 1 aliphatic heterocycles. The molecule has 11 heteroatoms. The van der Waals surface area contributed by atoms with Gasteiger partial charge in [0.1, 0.15) is 16.5 Å². The molecule has 1 amide bonds. The number of morpholine rings is 1. The maximum Gasteiger partial charge on any atom is 0.338 e. The van der Waals surface area contributed by atoms with E-state index < -0.39 is 45.0 Å². The Kier molecular flexibility index (Phi) is 7.54. The van der Waals surface area contributed by atoms with Crippen molar-refractivity contribution in [3.8, 4) is 0 Å². The minimum Gasteiger partial charge on any atom is -0.452 e. The lowest BCUT2D eigenvalue weighted by Crippen LogP contribution is -2.41. The van der Waals surface area contributed by atoms with Gasteiger partial charge in [-0.25, -0.2) is 22.0 Å². The number of rotatable bonds is 7. The van der Waals surface area contributed by atoms with Gasteiger partial charge in [-0.15, -0.1) is 0 Å². The van der Waals surface area contributed by atoms with E-state index in [9.17, 15) is 26.8 Å². The second-order valence-electron chi connectivity index (χ2n) is 7.11. The standard InChI is InChI=1S/C21H22F2N2O6S/c1-24(13-15-2-5-17(22)6-3-15)20(26)14-31-21(27)16-4-7-18(23)19(12-16)32(28,29)25-8-10-30-11-9-25/h2-7,12H,8-11,13-14H2,1H3. The monoisotopic (exact) mass is 468 g/mol. The summed E-state index contributed by atoms with van der Waals surface area (Å²) in [6.07, 6.45) is 0. The molecule has 0 saturated carbocycles. The quantitative estimate of drug-likeness (QED) is 0.576. The van der Waals surface area contributed by atoms with Crippen LogP contribution in [0, 0.1) is 11.6 Å². The maximum absolute atomic E-state index is 14.3. The first kappa shape index (κ1) is 23.8. The van der Waals surface area contributed by atoms with Gasteiger partial charge in [-0.3, -0.25) is 4.79 Å². The van der Waals surface area contributed by atoms with E-state index in [-0.39, 0.29) is 38.4 Å². The van der Waals surface area contributed by atoms with E-state index in [0.29, 0.717) is 5.56 Å². The number of likely N-dealkylation sites (N-methyl/N-ethyl adjacent to an activating group) is 1. The second kappa shape index (κ2) is 10.2. The molecule has 0 radical (unpaired) electrons. The highest BCUT2D eigenvalue weighted by Gasteiger charge is 2.30. The van der Waals surface area contributed by atoms with E-state index in [2.05, 4.69) is 0 Å². The second-order valence-corrected chi connectivity index (χ2v) is 9.02. The van der Waals surface area contributed by atoms with Crippen molar-refractivity contribution in [2.75, 3.05) is 40.0 Å². The first-order valence-electron chi connectivity index (χ1n) is 9.71. The Labute approximate surface area is 184 Å². The molecule has 1 heterocycles. The lowest BCUT2D eigenvalue weighted by Gasteiger charge is -2.26. The van der Waals surface area contributed by atoms with E-state index in [4.69, 9.17) is 9.47 Å². The molecule has 0 N–H and O–H groups in total. The van der Waals surface area contributed by atoms with Gasteiger partial charge in [-0.05, 0) is 35.9 Å². The molecule has 0 aromatic heterocycles. The molecule has 0 atom stereocenters. The fourth-order valence-corrected chi connectivity index (χ4v) is 4.53. The summed E-state index contributed by atoms with van der Waals surface area (Å²) in [5, 5.41) is 0. The predicted molar refractivity (Wildman–Crippen MR) is 109 cm³/mol. The summed E-state index contributed by atoms with van der Waals surface area (Å²) in [5.74, 6) is -2.88. The fraction of sp³-hybridized carbons (Fsp3) is 0.333. The third-order valence-corrected chi connectivity index (χ3v) is 6.75. The molecule has 1 aliphatic rings. The zero-order chi connectivity index (χ0) is 23.3. The number of esters is 1. The topological polar surface area (TPSA) is 93.2 Å². The van der Waals surface area contributed by atoms with Gasteiger partial charge in [-0.2, -0.15) is 4.31 Å². The van der Waals surface area contributed by atoms with E-state index in [1.54, 1.807) is 0 Å². The van der Waals surface area contributed by atoms with Gasteiger partial charge in [0, 0.05) is 26.7 Å². The van der Waals surface area contributed by atoms with E-state index >= 15 is 0 Å². The molecule has 8 nitrogen and oxygen atoms in total. The minimum absolute atomic E-state index is 0.0747. The SMILES string of the molecule is CN(Cc1ccc(F)cc1)C(=O)COC(=O)c1ccc(F)c(S(=O)(=O)N2CCOCC2)c1. The van der Waals surface area contributed by atoms with E-state index in [1.165, 1.54) is 36.2 Å². The highest BCUT2D eigenvalue weighted by Crippen LogP contribution is 2.22. The Morgan fingerprint density at radius 1 is 1.09 bits per heavy atom. The Hall–Kier alpha value is -2.89. The van der Waals surface area contributed by atoms with Crippen LogP contribution in [0.3, 0.4) is 0 Å². The zero-order valence-electron chi connectivity index (χ0n) is 17.3. The van der Waals surface area contributed by atoms with Crippen LogP contribution in [0.15, 0.2) is 47.4 Å². The largest absolute Gasteiger partial charge is 0.452 e. The molecule has 32 heavy (non-hydrogen) atoms. The van der Waals surface area contributed by atoms with Crippen molar-refractivity contribution in [1.82, 2.24) is 9.21 Å². The first-order valence-corrected chi connectivity index (χ1v) is 11.2. The van der Waals surface area contributed by atoms with Crippen LogP contribution in [-0.2, 0) is 30.8 Å². The van der Waals surface area contributed by atoms with Crippen molar-refractivity contribution < 1.29 is 36.3 Å². The molecule has 0 unspecified atom stereocenters. The van der Waals surface area contributed by atoms with Crippen molar-refractivity contribution in [2.45, 2.75) is 11.4 Å². The van der Waals surface area contributed by atoms with E-state index in [1.807, 2.05) is 0 Å². The lowest BCUT2D eigenvalue weighted by atomic mass is 10.2. The summed E-state index contributed by atoms with van der Waals surface area (Å²) in [4.78, 5) is 25.2. The summed E-state index contributed by atoms with van der Waals surface area (Å²) in [6.45, 7) is 0.109. The maximum atomic E-state index is 14.3. The Bertz CT molecular complexity index is 1090. The lowest BCUT2D eigenvalue weighted by molar-refractivity contribution is -0.133. The first-order chi connectivity index (χ1) is 15.2. The van der Waals surface area contributed by atoms with Gasteiger partial charge in [0.2, 0.25) is 10.0 Å². The number of carbonyl (C=O) groups is 2. The predicted octanol–water partition coefficient (Wildman–Crippen LogP) is 1.80. The summed E-state index contributed by atoms with van der Waals surface area (Å²) in [5.41, 5.74) is 0.484. The minimum atomic E-state index is -4.16. The number of amides is 1. The van der Waals surface area contributed by atoms with Gasteiger partial charge in [0.05, 0.1) is 18.8 Å². The summed E-state index contributed by atoms with van der Waals surface area (Å²) < 4.78 is 63.9. The van der Waals surface area contributed by atoms with Crippen molar-refractivity contribution in [1.29, 1.82) is 0 Å². The van der Waals surface area contributed by atoms with Gasteiger partial charge in [-0.1, -0.05) is 12.1 Å². The van der Waals surface area contributed by atoms with Gasteiger partial charge in [0.25, 0.3) is 5.91 Å². The Morgan fingerprint density at radius 3 is 2.41 bits per heavy atom. The van der Waals surface area contributed by atoms with Crippen LogP contribution in [0.25, 0.3) is 0 Å². The molecule has 3 rings (SSSR count). The average Bonchev–Trinajstić information content (AvgIpc) is 2.79. The van der Waals surface area contributed by atoms with Crippen LogP contribution in [0.4, 0.5) is 8.78 Å². The molecular weight excluding hydrogens is 446 g/mol. The number of halogens is 2. The van der Waals surface area contributed by atoms with Crippen molar-refractivity contribution in [2.24, 2.45) is 0 Å². The molecule has 1 fully saturated rings. The summed E-state index contributed by atoms with van der Waals surface area (Å²) >= 11 is 0. The number of ether oxygens (including phenoxy) is 2. The molecule has 172 valence electrons. The highest BCUT2D eigenvalue weighted by molar-refractivity contribution is 7.89. The molecule has 1 saturated heterocycles. The normalized spacial score (nSPS) is 14.7. The van der Waals surface area contributed by atoms with Crippen LogP contribution in [-0.4, -0.2) is 69.5 Å². The number of benzene rings is 2. The highest BCUT2D eigenvalue weighted by atomic mass is 32.2. The van der Waals surface area contributed by atoms with Crippen LogP contribution >= 0.6 is 0 Å². The Balaban J connectivity index is 1.64. The number of carbonyl (C=O) groups excluding carboxylic acids is 2. The average molecular weight is 468 g/mol. The van der Waals surface area contributed by atoms with Crippen LogP contribution in [0.2, 0.25) is 0 Å².